The van der Waals surface area contributed by atoms with Crippen molar-refractivity contribution in [3.05, 3.63) is 54.6 Å². The fourth-order valence-corrected chi connectivity index (χ4v) is 5.94. The maximum atomic E-state index is 6.18. The summed E-state index contributed by atoms with van der Waals surface area (Å²) in [6.45, 7) is 7.47. The Kier molecular flexibility index (Phi) is 3.00. The molecule has 4 aromatic carbocycles. The minimum atomic E-state index is -1.90. The highest BCUT2D eigenvalue weighted by Crippen LogP contribution is 2.34. The fourth-order valence-electron chi connectivity index (χ4n) is 3.70. The van der Waals surface area contributed by atoms with E-state index in [0.29, 0.717) is 0 Å². The van der Waals surface area contributed by atoms with E-state index in [1.165, 1.54) is 37.5 Å². The number of hydrogen-bond acceptors (Lipinski definition) is 1. The summed E-state index contributed by atoms with van der Waals surface area (Å²) >= 11 is 0. The number of rotatable bonds is 3. The Morgan fingerprint density at radius 3 is 2.18 bits per heavy atom. The molecule has 0 aromatic heterocycles. The van der Waals surface area contributed by atoms with Gasteiger partial charge in [0.1, 0.15) is 0 Å². The van der Waals surface area contributed by atoms with Crippen LogP contribution >= 0.6 is 0 Å². The Morgan fingerprint density at radius 1 is 0.818 bits per heavy atom. The molecule has 4 aromatic rings. The van der Waals surface area contributed by atoms with Gasteiger partial charge >= 0.3 is 0 Å². The summed E-state index contributed by atoms with van der Waals surface area (Å²) in [5.41, 5.74) is 0. The monoisotopic (exact) mass is 304 g/mol. The van der Waals surface area contributed by atoms with Crippen LogP contribution < -0.4 is 5.19 Å². The van der Waals surface area contributed by atoms with Crippen LogP contribution in [0.25, 0.3) is 32.3 Å². The standard InChI is InChI=1S/C20H20OSi/c1-4-21-22(2,3)18-13-16-9-5-7-14-11-12-15-8-6-10-17(18)20(15)19(14)16/h5-13H,4H2,1-3H3. The molecule has 0 saturated heterocycles. The summed E-state index contributed by atoms with van der Waals surface area (Å²) in [6, 6.07) is 20.1. The first-order valence-corrected chi connectivity index (χ1v) is 10.8. The van der Waals surface area contributed by atoms with Crippen LogP contribution in [-0.2, 0) is 4.43 Å². The van der Waals surface area contributed by atoms with Crippen molar-refractivity contribution in [2.75, 3.05) is 6.61 Å². The first-order chi connectivity index (χ1) is 10.6. The minimum Gasteiger partial charge on any atom is -0.413 e. The van der Waals surface area contributed by atoms with Crippen LogP contribution in [0.2, 0.25) is 13.1 Å². The summed E-state index contributed by atoms with van der Waals surface area (Å²) < 4.78 is 6.18. The van der Waals surface area contributed by atoms with Crippen LogP contribution in [0.15, 0.2) is 54.6 Å². The average Bonchev–Trinajstić information content (AvgIpc) is 2.52. The summed E-state index contributed by atoms with van der Waals surface area (Å²) in [6.07, 6.45) is 0. The van der Waals surface area contributed by atoms with Gasteiger partial charge in [-0.3, -0.25) is 0 Å². The average molecular weight is 304 g/mol. The Labute approximate surface area is 132 Å². The van der Waals surface area contributed by atoms with Gasteiger partial charge in [0, 0.05) is 6.61 Å². The lowest BCUT2D eigenvalue weighted by Gasteiger charge is -2.26. The Balaban J connectivity index is 2.22. The van der Waals surface area contributed by atoms with Crippen molar-refractivity contribution in [1.82, 2.24) is 0 Å². The van der Waals surface area contributed by atoms with Crippen molar-refractivity contribution in [1.29, 1.82) is 0 Å². The van der Waals surface area contributed by atoms with Crippen LogP contribution in [0.1, 0.15) is 6.92 Å². The zero-order chi connectivity index (χ0) is 15.3. The molecule has 110 valence electrons. The van der Waals surface area contributed by atoms with Crippen molar-refractivity contribution >= 4 is 45.8 Å². The van der Waals surface area contributed by atoms with E-state index in [-0.39, 0.29) is 0 Å². The smallest absolute Gasteiger partial charge is 0.218 e. The highest BCUT2D eigenvalue weighted by atomic mass is 28.4. The SMILES string of the molecule is CCO[Si](C)(C)c1cc2cccc3ccc4cccc1c4c32. The van der Waals surface area contributed by atoms with Gasteiger partial charge in [-0.25, -0.2) is 0 Å². The maximum Gasteiger partial charge on any atom is 0.218 e. The van der Waals surface area contributed by atoms with E-state index < -0.39 is 8.32 Å². The molecule has 0 spiro atoms. The summed E-state index contributed by atoms with van der Waals surface area (Å²) in [5, 5.41) is 9.54. The highest BCUT2D eigenvalue weighted by Gasteiger charge is 2.28. The third-order valence-corrected chi connectivity index (χ3v) is 7.38. The molecule has 4 rings (SSSR count). The molecule has 0 bridgehead atoms. The predicted octanol–water partition coefficient (Wildman–Crippen LogP) is 5.03. The summed E-state index contributed by atoms with van der Waals surface area (Å²) in [4.78, 5) is 0. The largest absolute Gasteiger partial charge is 0.413 e. The lowest BCUT2D eigenvalue weighted by Crippen LogP contribution is -2.45. The van der Waals surface area contributed by atoms with E-state index in [0.717, 1.165) is 6.61 Å². The van der Waals surface area contributed by atoms with Crippen LogP contribution in [0.4, 0.5) is 0 Å². The van der Waals surface area contributed by atoms with Crippen LogP contribution in [-0.4, -0.2) is 14.9 Å². The zero-order valence-electron chi connectivity index (χ0n) is 13.3. The fraction of sp³-hybridized carbons (Fsp3) is 0.200. The van der Waals surface area contributed by atoms with Crippen LogP contribution in [0.5, 0.6) is 0 Å². The highest BCUT2D eigenvalue weighted by molar-refractivity contribution is 6.86. The predicted molar refractivity (Wildman–Crippen MR) is 98.9 cm³/mol. The second kappa shape index (κ2) is 4.80. The van der Waals surface area contributed by atoms with Gasteiger partial charge in [0.05, 0.1) is 0 Å². The lowest BCUT2D eigenvalue weighted by molar-refractivity contribution is 0.339. The second-order valence-corrected chi connectivity index (χ2v) is 10.3. The number of benzene rings is 4. The molecule has 0 heterocycles. The maximum absolute atomic E-state index is 6.18. The first-order valence-electron chi connectivity index (χ1n) is 7.93. The van der Waals surface area contributed by atoms with Gasteiger partial charge in [-0.2, -0.15) is 0 Å². The van der Waals surface area contributed by atoms with E-state index in [2.05, 4.69) is 74.6 Å². The van der Waals surface area contributed by atoms with Gasteiger partial charge in [-0.05, 0) is 57.5 Å². The van der Waals surface area contributed by atoms with E-state index in [1.807, 2.05) is 0 Å². The van der Waals surface area contributed by atoms with E-state index in [1.54, 1.807) is 0 Å². The van der Waals surface area contributed by atoms with Gasteiger partial charge in [0.15, 0.2) is 0 Å². The minimum absolute atomic E-state index is 0.776. The zero-order valence-corrected chi connectivity index (χ0v) is 14.3. The topological polar surface area (TPSA) is 9.23 Å². The van der Waals surface area contributed by atoms with Gasteiger partial charge in [-0.15, -0.1) is 0 Å². The van der Waals surface area contributed by atoms with Gasteiger partial charge in [0.2, 0.25) is 8.32 Å². The van der Waals surface area contributed by atoms with Crippen molar-refractivity contribution in [3.63, 3.8) is 0 Å². The molecule has 1 nitrogen and oxygen atoms in total. The van der Waals surface area contributed by atoms with Crippen molar-refractivity contribution in [3.8, 4) is 0 Å². The Morgan fingerprint density at radius 2 is 1.45 bits per heavy atom. The van der Waals surface area contributed by atoms with E-state index in [4.69, 9.17) is 4.43 Å². The molecule has 0 aliphatic heterocycles. The molecule has 0 radical (unpaired) electrons. The van der Waals surface area contributed by atoms with E-state index in [9.17, 15) is 0 Å². The lowest BCUT2D eigenvalue weighted by atomic mass is 9.94. The van der Waals surface area contributed by atoms with Crippen molar-refractivity contribution < 1.29 is 4.43 Å². The summed E-state index contributed by atoms with van der Waals surface area (Å²) in [5.74, 6) is 0. The van der Waals surface area contributed by atoms with Gasteiger partial charge < -0.3 is 4.43 Å². The molecular weight excluding hydrogens is 284 g/mol. The molecule has 0 aliphatic rings. The molecule has 0 fully saturated rings. The molecule has 22 heavy (non-hydrogen) atoms. The Bertz CT molecular complexity index is 971. The van der Waals surface area contributed by atoms with Crippen LogP contribution in [0.3, 0.4) is 0 Å². The number of hydrogen-bond donors (Lipinski definition) is 0. The third-order valence-electron chi connectivity index (χ3n) is 4.66. The van der Waals surface area contributed by atoms with Crippen molar-refractivity contribution in [2.45, 2.75) is 20.0 Å². The molecule has 0 unspecified atom stereocenters. The molecule has 0 aliphatic carbocycles. The molecule has 0 atom stereocenters. The van der Waals surface area contributed by atoms with E-state index >= 15 is 0 Å². The second-order valence-electron chi connectivity index (χ2n) is 6.42. The molecule has 0 amide bonds. The normalized spacial score (nSPS) is 12.7. The molecule has 2 heteroatoms. The third kappa shape index (κ3) is 1.88. The first kappa shape index (κ1) is 13.7. The quantitative estimate of drug-likeness (QED) is 0.381. The molecule has 0 N–H and O–H groups in total. The Hall–Kier alpha value is -1.90. The van der Waals surface area contributed by atoms with Crippen molar-refractivity contribution in [2.24, 2.45) is 0 Å². The van der Waals surface area contributed by atoms with Crippen LogP contribution in [0, 0.1) is 0 Å². The van der Waals surface area contributed by atoms with Gasteiger partial charge in [0.25, 0.3) is 0 Å². The van der Waals surface area contributed by atoms with Gasteiger partial charge in [-0.1, -0.05) is 54.6 Å². The molecular formula is C20H20OSi. The molecule has 0 saturated carbocycles. The summed E-state index contributed by atoms with van der Waals surface area (Å²) in [7, 11) is -1.90.